The number of hydrogen-bond acceptors (Lipinski definition) is 5. The quantitative estimate of drug-likeness (QED) is 0.557. The van der Waals surface area contributed by atoms with Crippen LogP contribution in [0.4, 0.5) is 35.9 Å². The zero-order valence-electron chi connectivity index (χ0n) is 12.5. The Morgan fingerprint density at radius 2 is 1.60 bits per heavy atom. The van der Waals surface area contributed by atoms with Gasteiger partial charge in [0, 0.05) is 23.8 Å². The van der Waals surface area contributed by atoms with Crippen molar-refractivity contribution in [1.29, 1.82) is 0 Å². The highest BCUT2D eigenvalue weighted by molar-refractivity contribution is 6.30. The molecule has 0 aliphatic heterocycles. The molecule has 11 heteroatoms. The maximum absolute atomic E-state index is 13.4. The lowest BCUT2D eigenvalue weighted by Crippen LogP contribution is -2.18. The largest absolute Gasteiger partial charge is 0.418 e. The fraction of sp³-hybridized carbons (Fsp3) is 0.143. The number of nitro benzene ring substituents is 2. The molecule has 0 radical (unpaired) electrons. The minimum atomic E-state index is -5.03. The molecule has 0 saturated carbocycles. The number of rotatable bonds is 4. The van der Waals surface area contributed by atoms with Crippen LogP contribution < -0.4 is 4.90 Å². The summed E-state index contributed by atoms with van der Waals surface area (Å²) >= 11 is 5.72. The first-order chi connectivity index (χ1) is 11.5. The van der Waals surface area contributed by atoms with E-state index in [4.69, 9.17) is 11.6 Å². The van der Waals surface area contributed by atoms with Gasteiger partial charge in [-0.2, -0.15) is 13.2 Å². The number of anilines is 2. The summed E-state index contributed by atoms with van der Waals surface area (Å²) < 4.78 is 40.1. The van der Waals surface area contributed by atoms with Crippen molar-refractivity contribution in [2.75, 3.05) is 11.9 Å². The molecule has 25 heavy (non-hydrogen) atoms. The second-order valence-corrected chi connectivity index (χ2v) is 5.34. The predicted molar refractivity (Wildman–Crippen MR) is 84.3 cm³/mol. The molecule has 0 aliphatic carbocycles. The van der Waals surface area contributed by atoms with Gasteiger partial charge >= 0.3 is 6.18 Å². The Hall–Kier alpha value is -2.88. The zero-order chi connectivity index (χ0) is 18.9. The standard InChI is InChI=1S/C14H9ClF3N3O4/c1-19(9-4-2-8(15)3-5-9)13-11(14(16,17)18)6-10(20(22)23)7-12(13)21(24)25/h2-7H,1H3. The summed E-state index contributed by atoms with van der Waals surface area (Å²) in [7, 11) is 1.19. The zero-order valence-corrected chi connectivity index (χ0v) is 13.2. The number of nitro groups is 2. The van der Waals surface area contributed by atoms with Crippen molar-refractivity contribution in [3.63, 3.8) is 0 Å². The SMILES string of the molecule is CN(c1ccc(Cl)cc1)c1c([N+](=O)[O-])cc([N+](=O)[O-])cc1C(F)(F)F. The summed E-state index contributed by atoms with van der Waals surface area (Å²) in [5, 5.41) is 22.4. The highest BCUT2D eigenvalue weighted by atomic mass is 35.5. The van der Waals surface area contributed by atoms with Crippen LogP contribution in [0.25, 0.3) is 0 Å². The molecule has 0 bridgehead atoms. The van der Waals surface area contributed by atoms with Gasteiger partial charge in [-0.15, -0.1) is 0 Å². The fourth-order valence-corrected chi connectivity index (χ4v) is 2.34. The summed E-state index contributed by atoms with van der Waals surface area (Å²) in [4.78, 5) is 20.8. The number of halogens is 4. The Morgan fingerprint density at radius 1 is 1.04 bits per heavy atom. The van der Waals surface area contributed by atoms with Gasteiger partial charge in [-0.05, 0) is 24.3 Å². The maximum atomic E-state index is 13.4. The van der Waals surface area contributed by atoms with E-state index in [1.165, 1.54) is 31.3 Å². The number of non-ortho nitro benzene ring substituents is 1. The Labute approximate surface area is 143 Å². The van der Waals surface area contributed by atoms with Gasteiger partial charge in [0.25, 0.3) is 11.4 Å². The third kappa shape index (κ3) is 3.79. The molecule has 2 rings (SSSR count). The molecule has 0 aliphatic rings. The molecule has 2 aromatic rings. The van der Waals surface area contributed by atoms with E-state index in [9.17, 15) is 33.4 Å². The van der Waals surface area contributed by atoms with Crippen LogP contribution in [0.15, 0.2) is 36.4 Å². The normalized spacial score (nSPS) is 11.2. The Morgan fingerprint density at radius 3 is 2.04 bits per heavy atom. The number of benzene rings is 2. The van der Waals surface area contributed by atoms with Gasteiger partial charge in [0.15, 0.2) is 0 Å². The maximum Gasteiger partial charge on any atom is 0.418 e. The van der Waals surface area contributed by atoms with E-state index >= 15 is 0 Å². The third-order valence-electron chi connectivity index (χ3n) is 3.34. The Balaban J connectivity index is 2.79. The molecule has 0 aromatic heterocycles. The van der Waals surface area contributed by atoms with E-state index < -0.39 is 38.6 Å². The van der Waals surface area contributed by atoms with Gasteiger partial charge in [0.05, 0.1) is 21.5 Å². The second-order valence-electron chi connectivity index (χ2n) is 4.91. The number of alkyl halides is 3. The third-order valence-corrected chi connectivity index (χ3v) is 3.59. The molecule has 0 atom stereocenters. The first-order valence-corrected chi connectivity index (χ1v) is 6.93. The molecule has 0 unspecified atom stereocenters. The van der Waals surface area contributed by atoms with E-state index in [2.05, 4.69) is 0 Å². The van der Waals surface area contributed by atoms with Gasteiger partial charge < -0.3 is 4.90 Å². The van der Waals surface area contributed by atoms with Crippen LogP contribution in [0.5, 0.6) is 0 Å². The molecular formula is C14H9ClF3N3O4. The topological polar surface area (TPSA) is 89.5 Å². The molecule has 0 heterocycles. The van der Waals surface area contributed by atoms with Gasteiger partial charge in [-0.3, -0.25) is 20.2 Å². The van der Waals surface area contributed by atoms with E-state index in [-0.39, 0.29) is 11.8 Å². The van der Waals surface area contributed by atoms with Gasteiger partial charge in [-0.1, -0.05) is 11.6 Å². The van der Waals surface area contributed by atoms with Crippen LogP contribution in [0.3, 0.4) is 0 Å². The average molecular weight is 376 g/mol. The van der Waals surface area contributed by atoms with E-state index in [0.29, 0.717) is 11.1 Å². The van der Waals surface area contributed by atoms with Crippen molar-refractivity contribution in [1.82, 2.24) is 0 Å². The second kappa shape index (κ2) is 6.55. The van der Waals surface area contributed by atoms with Crippen LogP contribution >= 0.6 is 11.6 Å². The van der Waals surface area contributed by atoms with E-state index in [1.54, 1.807) is 0 Å². The van der Waals surface area contributed by atoms with Crippen molar-refractivity contribution in [2.45, 2.75) is 6.18 Å². The van der Waals surface area contributed by atoms with Crippen molar-refractivity contribution in [2.24, 2.45) is 0 Å². The highest BCUT2D eigenvalue weighted by Crippen LogP contribution is 2.45. The lowest BCUT2D eigenvalue weighted by molar-refractivity contribution is -0.394. The van der Waals surface area contributed by atoms with Crippen LogP contribution in [-0.4, -0.2) is 16.9 Å². The Bertz CT molecular complexity index is 840. The molecular weight excluding hydrogens is 367 g/mol. The van der Waals surface area contributed by atoms with Crippen molar-refractivity contribution in [3.8, 4) is 0 Å². The summed E-state index contributed by atoms with van der Waals surface area (Å²) in [6.45, 7) is 0. The molecule has 132 valence electrons. The molecule has 7 nitrogen and oxygen atoms in total. The monoisotopic (exact) mass is 375 g/mol. The number of nitrogens with zero attached hydrogens (tertiary/aromatic N) is 3. The van der Waals surface area contributed by atoms with Crippen LogP contribution in [0.1, 0.15) is 5.56 Å². The minimum Gasteiger partial charge on any atom is -0.339 e. The lowest BCUT2D eigenvalue weighted by atomic mass is 10.1. The molecule has 0 spiro atoms. The molecule has 0 fully saturated rings. The van der Waals surface area contributed by atoms with Gasteiger partial charge in [-0.25, -0.2) is 0 Å². The van der Waals surface area contributed by atoms with Crippen molar-refractivity contribution >= 4 is 34.4 Å². The summed E-state index contributed by atoms with van der Waals surface area (Å²) in [6.07, 6.45) is -5.03. The smallest absolute Gasteiger partial charge is 0.339 e. The van der Waals surface area contributed by atoms with E-state index in [1.807, 2.05) is 0 Å². The highest BCUT2D eigenvalue weighted by Gasteiger charge is 2.41. The predicted octanol–water partition coefficient (Wildman–Crippen LogP) is 4.94. The van der Waals surface area contributed by atoms with Crippen molar-refractivity contribution in [3.05, 3.63) is 67.2 Å². The lowest BCUT2D eigenvalue weighted by Gasteiger charge is -2.23. The fourth-order valence-electron chi connectivity index (χ4n) is 2.21. The van der Waals surface area contributed by atoms with Crippen LogP contribution in [-0.2, 0) is 6.18 Å². The first-order valence-electron chi connectivity index (χ1n) is 6.55. The Kier molecular flexibility index (Phi) is 4.84. The first kappa shape index (κ1) is 18.5. The summed E-state index contributed by atoms with van der Waals surface area (Å²) in [6, 6.07) is 6.31. The molecule has 2 aromatic carbocycles. The number of hydrogen-bond donors (Lipinski definition) is 0. The van der Waals surface area contributed by atoms with Crippen LogP contribution in [0.2, 0.25) is 5.02 Å². The summed E-state index contributed by atoms with van der Waals surface area (Å²) in [5.74, 6) is 0. The average Bonchev–Trinajstić information content (AvgIpc) is 2.52. The van der Waals surface area contributed by atoms with Crippen LogP contribution in [0, 0.1) is 20.2 Å². The molecule has 0 amide bonds. The summed E-state index contributed by atoms with van der Waals surface area (Å²) in [5.41, 5.74) is -4.14. The molecule has 0 saturated heterocycles. The minimum absolute atomic E-state index is 0.187. The van der Waals surface area contributed by atoms with Gasteiger partial charge in [0.2, 0.25) is 0 Å². The van der Waals surface area contributed by atoms with Crippen molar-refractivity contribution < 1.29 is 23.0 Å². The van der Waals surface area contributed by atoms with Gasteiger partial charge in [0.1, 0.15) is 5.69 Å². The molecule has 0 N–H and O–H groups in total. The van der Waals surface area contributed by atoms with E-state index in [0.717, 1.165) is 4.90 Å².